The van der Waals surface area contributed by atoms with Crippen molar-refractivity contribution in [1.29, 1.82) is 0 Å². The number of hydrogen-bond acceptors (Lipinski definition) is 4. The van der Waals surface area contributed by atoms with Crippen LogP contribution in [0.1, 0.15) is 73.6 Å². The predicted octanol–water partition coefficient (Wildman–Crippen LogP) is 11.7. The minimum absolute atomic E-state index is 0.0166. The van der Waals surface area contributed by atoms with Gasteiger partial charge in [0, 0.05) is 61.7 Å². The molecule has 0 spiro atoms. The molecular weight excluding hydrogens is 848 g/mol. The summed E-state index contributed by atoms with van der Waals surface area (Å²) in [6.07, 6.45) is -6.65. The highest BCUT2D eigenvalue weighted by Crippen LogP contribution is 2.39. The minimum Gasteiger partial charge on any atom is -0.334 e. The third kappa shape index (κ3) is 15.7. The molecule has 4 rings (SSSR count). The third-order valence-electron chi connectivity index (χ3n) is 10.2. The van der Waals surface area contributed by atoms with Crippen LogP contribution in [0.4, 0.5) is 73.6 Å². The van der Waals surface area contributed by atoms with Crippen molar-refractivity contribution in [3.05, 3.63) is 109 Å². The maximum Gasteiger partial charge on any atom is 0.416 e. The first-order valence-corrected chi connectivity index (χ1v) is 19.6. The van der Waals surface area contributed by atoms with E-state index in [1.807, 2.05) is 0 Å². The molecule has 2 aliphatic carbocycles. The average molecular weight is 899 g/mol. The zero-order valence-electron chi connectivity index (χ0n) is 33.6. The number of anilines is 2. The van der Waals surface area contributed by atoms with E-state index in [1.54, 1.807) is 24.3 Å². The van der Waals surface area contributed by atoms with Crippen molar-refractivity contribution in [2.24, 2.45) is 0 Å². The van der Waals surface area contributed by atoms with Crippen LogP contribution in [0.15, 0.2) is 87.0 Å². The number of carbonyl (C=O) groups excluding carboxylic acids is 2. The normalized spacial score (nSPS) is 19.7. The first-order chi connectivity index (χ1) is 28.9. The van der Waals surface area contributed by atoms with Crippen LogP contribution in [0.5, 0.6) is 0 Å². The summed E-state index contributed by atoms with van der Waals surface area (Å²) in [6, 6.07) is -0.504. The SMILES string of the molecule is C=CCN(CC=C)[C@@H]1CCCC[C@H]1NC(=O)Nc1cc(C(F)(F)F)cc(C(F)(F)F)c1.C=CCN(CC=C)[C@@H]1CCCC[C@H]1NC(=O)Nc1cc(C(F)(F)F)cc(C(F)(F)F)c1. The quantitative estimate of drug-likeness (QED) is 0.112. The zero-order valence-corrected chi connectivity index (χ0v) is 33.6. The summed E-state index contributed by atoms with van der Waals surface area (Å²) < 4.78 is 156. The number of hydrogen-bond donors (Lipinski definition) is 4. The first kappa shape index (κ1) is 51.4. The molecule has 0 aliphatic heterocycles. The van der Waals surface area contributed by atoms with Crippen molar-refractivity contribution in [2.75, 3.05) is 36.8 Å². The van der Waals surface area contributed by atoms with Gasteiger partial charge in [0.15, 0.2) is 0 Å². The van der Waals surface area contributed by atoms with Crippen molar-refractivity contribution in [1.82, 2.24) is 20.4 Å². The summed E-state index contributed by atoms with van der Waals surface area (Å²) in [5.74, 6) is 0. The van der Waals surface area contributed by atoms with E-state index in [4.69, 9.17) is 0 Å². The van der Waals surface area contributed by atoms with E-state index in [0.717, 1.165) is 38.5 Å². The molecule has 0 aromatic heterocycles. The van der Waals surface area contributed by atoms with Gasteiger partial charge in [-0.15, -0.1) is 26.3 Å². The van der Waals surface area contributed by atoms with E-state index in [0.29, 0.717) is 63.3 Å². The Bertz CT molecular complexity index is 1630. The van der Waals surface area contributed by atoms with Crippen molar-refractivity contribution >= 4 is 23.4 Å². The highest BCUT2D eigenvalue weighted by molar-refractivity contribution is 5.90. The number of urea groups is 2. The number of benzene rings is 2. The van der Waals surface area contributed by atoms with E-state index < -0.39 is 70.4 Å². The number of nitrogens with one attached hydrogen (secondary N) is 4. The second-order valence-corrected chi connectivity index (χ2v) is 14.8. The van der Waals surface area contributed by atoms with Crippen molar-refractivity contribution in [3.8, 4) is 0 Å². The lowest BCUT2D eigenvalue weighted by Crippen LogP contribution is -2.54. The smallest absolute Gasteiger partial charge is 0.334 e. The van der Waals surface area contributed by atoms with Crippen LogP contribution in [0, 0.1) is 0 Å². The lowest BCUT2D eigenvalue weighted by atomic mass is 9.89. The zero-order chi connectivity index (χ0) is 46.5. The molecule has 62 heavy (non-hydrogen) atoms. The van der Waals surface area contributed by atoms with Gasteiger partial charge in [0.05, 0.1) is 22.3 Å². The van der Waals surface area contributed by atoms with Crippen molar-refractivity contribution < 1.29 is 62.3 Å². The van der Waals surface area contributed by atoms with Crippen LogP contribution >= 0.6 is 0 Å². The number of carbonyl (C=O) groups is 2. The monoisotopic (exact) mass is 898 g/mol. The van der Waals surface area contributed by atoms with Gasteiger partial charge in [-0.3, -0.25) is 9.80 Å². The maximum absolute atomic E-state index is 13.0. The molecule has 2 saturated carbocycles. The topological polar surface area (TPSA) is 88.7 Å². The van der Waals surface area contributed by atoms with Gasteiger partial charge >= 0.3 is 36.8 Å². The predicted molar refractivity (Wildman–Crippen MR) is 213 cm³/mol. The van der Waals surface area contributed by atoms with E-state index in [9.17, 15) is 62.3 Å². The van der Waals surface area contributed by atoms with Crippen LogP contribution in [0.3, 0.4) is 0 Å². The Morgan fingerprint density at radius 3 is 0.984 bits per heavy atom. The lowest BCUT2D eigenvalue weighted by molar-refractivity contribution is -0.144. The van der Waals surface area contributed by atoms with Crippen LogP contribution in [0.2, 0.25) is 0 Å². The molecule has 0 bridgehead atoms. The third-order valence-corrected chi connectivity index (χ3v) is 10.2. The molecule has 2 aliphatic rings. The number of nitrogens with zero attached hydrogens (tertiary/aromatic N) is 2. The maximum atomic E-state index is 13.0. The molecule has 0 radical (unpaired) electrons. The number of rotatable bonds is 14. The Balaban J connectivity index is 0.000000330. The summed E-state index contributed by atoms with van der Waals surface area (Å²) in [4.78, 5) is 29.0. The van der Waals surface area contributed by atoms with Gasteiger partial charge in [0.2, 0.25) is 0 Å². The van der Waals surface area contributed by atoms with Gasteiger partial charge in [0.25, 0.3) is 0 Å². The summed E-state index contributed by atoms with van der Waals surface area (Å²) in [7, 11) is 0. The Morgan fingerprint density at radius 1 is 0.484 bits per heavy atom. The van der Waals surface area contributed by atoms with E-state index >= 15 is 0 Å². The molecule has 4 atom stereocenters. The molecule has 0 unspecified atom stereocenters. The van der Waals surface area contributed by atoms with Gasteiger partial charge in [-0.1, -0.05) is 50.0 Å². The standard InChI is InChI=1S/2C21H25F6N3O/c2*1-3-9-30(10-4-2)18-8-6-5-7-17(18)29-19(31)28-16-12-14(20(22,23)24)11-15(13-16)21(25,26)27/h2*3-4,11-13,17-18H,1-2,5-10H2,(H2,28,29,31)/t2*17-,18-/m11/s1. The van der Waals surface area contributed by atoms with Gasteiger partial charge < -0.3 is 21.3 Å². The van der Waals surface area contributed by atoms with E-state index in [-0.39, 0.29) is 36.3 Å². The van der Waals surface area contributed by atoms with Crippen molar-refractivity contribution in [3.63, 3.8) is 0 Å². The van der Waals surface area contributed by atoms with Crippen LogP contribution in [-0.2, 0) is 24.7 Å². The molecule has 344 valence electrons. The summed E-state index contributed by atoms with van der Waals surface area (Å²) in [5.41, 5.74) is -7.12. The van der Waals surface area contributed by atoms with Gasteiger partial charge in [-0.05, 0) is 62.1 Å². The fraction of sp³-hybridized carbons (Fsp3) is 0.476. The molecule has 2 aromatic rings. The molecule has 4 amide bonds. The van der Waals surface area contributed by atoms with Gasteiger partial charge in [-0.25, -0.2) is 9.59 Å². The van der Waals surface area contributed by atoms with Gasteiger partial charge in [-0.2, -0.15) is 52.7 Å². The summed E-state index contributed by atoms with van der Waals surface area (Å²) >= 11 is 0. The Hall–Kier alpha value is -4.98. The fourth-order valence-electron chi connectivity index (χ4n) is 7.51. The van der Waals surface area contributed by atoms with E-state index in [2.05, 4.69) is 57.4 Å². The van der Waals surface area contributed by atoms with Crippen molar-refractivity contribution in [2.45, 2.75) is 100 Å². The van der Waals surface area contributed by atoms with Crippen LogP contribution in [-0.4, -0.2) is 72.2 Å². The van der Waals surface area contributed by atoms with Gasteiger partial charge in [0.1, 0.15) is 0 Å². The number of alkyl halides is 12. The van der Waals surface area contributed by atoms with Crippen LogP contribution < -0.4 is 21.3 Å². The second kappa shape index (κ2) is 22.4. The largest absolute Gasteiger partial charge is 0.416 e. The Morgan fingerprint density at radius 2 is 0.742 bits per heavy atom. The highest BCUT2D eigenvalue weighted by atomic mass is 19.4. The number of amides is 4. The summed E-state index contributed by atoms with van der Waals surface area (Å²) in [5, 5.41) is 9.67. The molecule has 8 nitrogen and oxygen atoms in total. The minimum atomic E-state index is -4.99. The number of halogens is 12. The average Bonchev–Trinajstić information content (AvgIpc) is 3.17. The second-order valence-electron chi connectivity index (χ2n) is 14.8. The Labute approximate surface area is 352 Å². The molecule has 4 N–H and O–H groups in total. The molecule has 2 fully saturated rings. The molecule has 2 aromatic carbocycles. The van der Waals surface area contributed by atoms with E-state index in [1.165, 1.54) is 0 Å². The highest BCUT2D eigenvalue weighted by Gasteiger charge is 2.39. The molecule has 20 heteroatoms. The Kier molecular flexibility index (Phi) is 18.6. The summed E-state index contributed by atoms with van der Waals surface area (Å²) in [6.45, 7) is 17.1. The first-order valence-electron chi connectivity index (χ1n) is 19.6. The lowest BCUT2D eigenvalue weighted by Gasteiger charge is -2.39. The molecule has 0 saturated heterocycles. The fourth-order valence-corrected chi connectivity index (χ4v) is 7.51. The molecule has 0 heterocycles. The van der Waals surface area contributed by atoms with Crippen LogP contribution in [0.25, 0.3) is 0 Å². The molecular formula is C42H50F12N6O2.